The Morgan fingerprint density at radius 2 is 1.48 bits per heavy atom. The van der Waals surface area contributed by atoms with Gasteiger partial charge in [-0.1, -0.05) is 0 Å². The van der Waals surface area contributed by atoms with Crippen molar-refractivity contribution in [3.8, 4) is 0 Å². The average molecular weight is 338 g/mol. The van der Waals surface area contributed by atoms with Gasteiger partial charge in [0.15, 0.2) is 0 Å². The summed E-state index contributed by atoms with van der Waals surface area (Å²) in [7, 11) is 0. The second kappa shape index (κ2) is 5.03. The molecular formula is C18H13NOSe. The van der Waals surface area contributed by atoms with E-state index in [1.807, 2.05) is 6.07 Å². The Bertz CT molecular complexity index is 776. The normalized spacial score (nSPS) is 12.7. The molecule has 21 heavy (non-hydrogen) atoms. The van der Waals surface area contributed by atoms with Gasteiger partial charge < -0.3 is 0 Å². The first kappa shape index (κ1) is 12.6. The van der Waals surface area contributed by atoms with Crippen molar-refractivity contribution in [1.29, 1.82) is 0 Å². The van der Waals surface area contributed by atoms with Crippen molar-refractivity contribution in [3.63, 3.8) is 0 Å². The number of nitrogens with zero attached hydrogens (tertiary/aromatic N) is 1. The molecule has 0 atom stereocenters. The van der Waals surface area contributed by atoms with E-state index in [2.05, 4.69) is 59.5 Å². The van der Waals surface area contributed by atoms with Crippen LogP contribution in [0.25, 0.3) is 0 Å². The zero-order valence-corrected chi connectivity index (χ0v) is 13.0. The molecule has 1 aliphatic heterocycles. The Labute approximate surface area is 129 Å². The van der Waals surface area contributed by atoms with Crippen molar-refractivity contribution in [2.75, 3.05) is 4.90 Å². The zero-order chi connectivity index (χ0) is 14.2. The predicted octanol–water partition coefficient (Wildman–Crippen LogP) is 3.93. The number of carbonyl (C=O) groups excluding carboxylic acids is 1. The van der Waals surface area contributed by atoms with Gasteiger partial charge in [-0.15, -0.1) is 0 Å². The molecule has 1 aliphatic rings. The summed E-state index contributed by atoms with van der Waals surface area (Å²) in [4.78, 5) is 13.3. The van der Waals surface area contributed by atoms with Gasteiger partial charge in [0.05, 0.1) is 0 Å². The van der Waals surface area contributed by atoms with Crippen LogP contribution in [-0.2, 0) is 6.42 Å². The quantitative estimate of drug-likeness (QED) is 0.408. The van der Waals surface area contributed by atoms with Crippen molar-refractivity contribution in [3.05, 3.63) is 76.2 Å². The molecule has 2 heterocycles. The summed E-state index contributed by atoms with van der Waals surface area (Å²) in [6, 6.07) is 21.1. The average Bonchev–Trinajstić information content (AvgIpc) is 3.01. The van der Waals surface area contributed by atoms with E-state index in [0.717, 1.165) is 17.1 Å². The van der Waals surface area contributed by atoms with Crippen LogP contribution in [0.15, 0.2) is 60.7 Å². The van der Waals surface area contributed by atoms with Crippen LogP contribution in [0.1, 0.15) is 20.4 Å². The van der Waals surface area contributed by atoms with Crippen LogP contribution in [0.3, 0.4) is 0 Å². The summed E-state index contributed by atoms with van der Waals surface area (Å²) in [5.41, 5.74) is 5.16. The second-order valence-electron chi connectivity index (χ2n) is 5.06. The number of hydrogen-bond acceptors (Lipinski definition) is 2. The maximum absolute atomic E-state index is 11.0. The van der Waals surface area contributed by atoms with Gasteiger partial charge in [-0.2, -0.15) is 0 Å². The molecule has 102 valence electrons. The van der Waals surface area contributed by atoms with E-state index in [4.69, 9.17) is 0 Å². The summed E-state index contributed by atoms with van der Waals surface area (Å²) >= 11 is 0.0827. The summed E-state index contributed by atoms with van der Waals surface area (Å²) in [6.07, 6.45) is 1.95. The van der Waals surface area contributed by atoms with E-state index in [9.17, 15) is 4.79 Å². The molecule has 0 unspecified atom stereocenters. The predicted molar refractivity (Wildman–Crippen MR) is 86.3 cm³/mol. The van der Waals surface area contributed by atoms with Gasteiger partial charge in [-0.05, 0) is 0 Å². The molecule has 0 amide bonds. The molecule has 0 aliphatic carbocycles. The van der Waals surface area contributed by atoms with E-state index in [1.54, 1.807) is 0 Å². The van der Waals surface area contributed by atoms with Gasteiger partial charge in [-0.25, -0.2) is 0 Å². The van der Waals surface area contributed by atoms with Crippen LogP contribution in [0.2, 0.25) is 0 Å². The van der Waals surface area contributed by atoms with E-state index >= 15 is 0 Å². The van der Waals surface area contributed by atoms with Gasteiger partial charge in [0.25, 0.3) is 0 Å². The van der Waals surface area contributed by atoms with E-state index in [0.29, 0.717) is 0 Å². The van der Waals surface area contributed by atoms with Gasteiger partial charge >= 0.3 is 129 Å². The first-order valence-corrected chi connectivity index (χ1v) is 8.59. The Kier molecular flexibility index (Phi) is 3.03. The van der Waals surface area contributed by atoms with Gasteiger partial charge in [0.1, 0.15) is 0 Å². The maximum atomic E-state index is 11.0. The van der Waals surface area contributed by atoms with Crippen molar-refractivity contribution in [1.82, 2.24) is 0 Å². The summed E-state index contributed by atoms with van der Waals surface area (Å²) in [6.45, 7) is 0. The first-order chi connectivity index (χ1) is 10.4. The molecule has 0 saturated heterocycles. The molecule has 0 spiro atoms. The SMILES string of the molecule is O=Cc1ccc(N2c3ccccc3Cc3ccccc32)[se]1. The number of rotatable bonds is 2. The molecule has 0 bridgehead atoms. The molecule has 1 aromatic heterocycles. The third kappa shape index (κ3) is 2.06. The minimum atomic E-state index is 0.0827. The molecule has 0 fully saturated rings. The number of aldehydes is 1. The fourth-order valence-electron chi connectivity index (χ4n) is 2.86. The van der Waals surface area contributed by atoms with Crippen molar-refractivity contribution >= 4 is 36.7 Å². The van der Waals surface area contributed by atoms with Crippen LogP contribution in [0.4, 0.5) is 15.9 Å². The molecule has 3 aromatic rings. The van der Waals surface area contributed by atoms with Crippen molar-refractivity contribution in [2.24, 2.45) is 0 Å². The number of hydrogen-bond donors (Lipinski definition) is 0. The Balaban J connectivity index is 1.94. The number of para-hydroxylation sites is 2. The summed E-state index contributed by atoms with van der Waals surface area (Å²) in [5, 5.41) is 0. The third-order valence-corrected chi connectivity index (χ3v) is 5.88. The third-order valence-electron chi connectivity index (χ3n) is 3.80. The van der Waals surface area contributed by atoms with Gasteiger partial charge in [0.2, 0.25) is 0 Å². The van der Waals surface area contributed by atoms with Crippen molar-refractivity contribution in [2.45, 2.75) is 6.42 Å². The van der Waals surface area contributed by atoms with Crippen LogP contribution in [0.5, 0.6) is 0 Å². The summed E-state index contributed by atoms with van der Waals surface area (Å²) in [5.74, 6) is 0. The topological polar surface area (TPSA) is 20.3 Å². The van der Waals surface area contributed by atoms with E-state index < -0.39 is 0 Å². The zero-order valence-electron chi connectivity index (χ0n) is 11.3. The standard InChI is InChI=1S/C18H13NOSe/c20-12-15-9-10-18(21-15)19-16-7-3-1-5-13(16)11-14-6-2-4-8-17(14)19/h1-10,12H,11H2. The second-order valence-corrected chi connectivity index (χ2v) is 7.36. The monoisotopic (exact) mass is 339 g/mol. The van der Waals surface area contributed by atoms with Crippen LogP contribution in [0, 0.1) is 0 Å². The Morgan fingerprint density at radius 1 is 0.857 bits per heavy atom. The number of fused-ring (bicyclic) bond motifs is 2. The molecule has 2 aromatic carbocycles. The number of carbonyl (C=O) groups is 1. The number of benzene rings is 2. The van der Waals surface area contributed by atoms with Gasteiger partial charge in [-0.3, -0.25) is 0 Å². The number of anilines is 3. The molecule has 0 N–H and O–H groups in total. The molecule has 4 rings (SSSR count). The molecule has 3 heteroatoms. The Hall–Kier alpha value is -2.09. The van der Waals surface area contributed by atoms with Crippen LogP contribution < -0.4 is 4.90 Å². The van der Waals surface area contributed by atoms with E-state index in [1.165, 1.54) is 27.1 Å². The fourth-order valence-corrected chi connectivity index (χ4v) is 4.64. The Morgan fingerprint density at radius 3 is 2.05 bits per heavy atom. The van der Waals surface area contributed by atoms with Crippen LogP contribution >= 0.6 is 0 Å². The fraction of sp³-hybridized carbons (Fsp3) is 0.0556. The molecule has 0 radical (unpaired) electrons. The van der Waals surface area contributed by atoms with E-state index in [-0.39, 0.29) is 14.5 Å². The molecule has 2 nitrogen and oxygen atoms in total. The molecule has 0 saturated carbocycles. The molecular weight excluding hydrogens is 325 g/mol. The van der Waals surface area contributed by atoms with Crippen molar-refractivity contribution < 1.29 is 4.79 Å². The van der Waals surface area contributed by atoms with Gasteiger partial charge in [0, 0.05) is 0 Å². The van der Waals surface area contributed by atoms with Crippen LogP contribution in [-0.4, -0.2) is 20.8 Å². The summed E-state index contributed by atoms with van der Waals surface area (Å²) < 4.78 is 2.13. The first-order valence-electron chi connectivity index (χ1n) is 6.88. The minimum absolute atomic E-state index is 0.0827.